The van der Waals surface area contributed by atoms with E-state index in [4.69, 9.17) is 9.60 Å². The van der Waals surface area contributed by atoms with E-state index in [9.17, 15) is 0 Å². The number of hydrogen-bond donors (Lipinski definition) is 1. The molecule has 42 valence electrons. The Morgan fingerprint density at radius 3 is 2.62 bits per heavy atom. The van der Waals surface area contributed by atoms with E-state index in [1.165, 1.54) is 0 Å². The molecule has 0 atom stereocenters. The minimum Gasteiger partial charge on any atom is -0.143 e. The summed E-state index contributed by atoms with van der Waals surface area (Å²) in [5.41, 5.74) is -0.560. The average Bonchev–Trinajstić information content (AvgIpc) is 2.09. The van der Waals surface area contributed by atoms with E-state index in [1.54, 1.807) is 0 Å². The second kappa shape index (κ2) is 2.23. The van der Waals surface area contributed by atoms with Crippen LogP contribution in [0.1, 0.15) is 15.2 Å². The summed E-state index contributed by atoms with van der Waals surface area (Å²) in [4.78, 5) is -0.141. The summed E-state index contributed by atoms with van der Waals surface area (Å²) in [6.07, 6.45) is 0. The molecular weight excluding hydrogens is 116 g/mol. The Balaban J connectivity index is 3.68. The minimum atomic E-state index is -2.65. The third kappa shape index (κ3) is 1.27. The first kappa shape index (κ1) is 1.54. The van der Waals surface area contributed by atoms with Crippen molar-refractivity contribution in [1.82, 2.24) is 0 Å². The Kier molecular flexibility index (Phi) is 0.428. The van der Waals surface area contributed by atoms with Crippen LogP contribution in [0.15, 0.2) is 29.1 Å². The molecule has 8 heavy (non-hydrogen) atoms. The standard InChI is InChI=1S/C7H8S/c1-6-2-4-7(8)5-3-6/h2-5,8H,1H3/i1D3,2D,3D,4D,5D. The van der Waals surface area contributed by atoms with Crippen molar-refractivity contribution in [3.63, 3.8) is 0 Å². The molecule has 0 aromatic heterocycles. The molecule has 0 heterocycles. The molecule has 0 fully saturated rings. The zero-order chi connectivity index (χ0) is 12.0. The average molecular weight is 131 g/mol. The molecule has 0 aliphatic heterocycles. The fourth-order valence-electron chi connectivity index (χ4n) is 0.306. The predicted molar refractivity (Wildman–Crippen MR) is 38.4 cm³/mol. The molecule has 0 aliphatic rings. The van der Waals surface area contributed by atoms with Crippen LogP contribution >= 0.6 is 12.6 Å². The molecule has 0 bridgehead atoms. The van der Waals surface area contributed by atoms with Gasteiger partial charge in [0.05, 0.1) is 5.48 Å². The zero-order valence-electron chi connectivity index (χ0n) is 10.9. The largest absolute Gasteiger partial charge is 0.143 e. The van der Waals surface area contributed by atoms with Crippen LogP contribution in [0.5, 0.6) is 0 Å². The van der Waals surface area contributed by atoms with Gasteiger partial charge in [0.15, 0.2) is 0 Å². The van der Waals surface area contributed by atoms with Gasteiger partial charge < -0.3 is 0 Å². The lowest BCUT2D eigenvalue weighted by Crippen LogP contribution is -1.67. The van der Waals surface area contributed by atoms with E-state index in [-0.39, 0.29) is 4.90 Å². The van der Waals surface area contributed by atoms with Gasteiger partial charge in [-0.2, -0.15) is 0 Å². The number of rotatable bonds is 0. The van der Waals surface area contributed by atoms with Gasteiger partial charge in [-0.3, -0.25) is 0 Å². The van der Waals surface area contributed by atoms with Crippen LogP contribution in [0, 0.1) is 6.85 Å². The van der Waals surface area contributed by atoms with Crippen molar-refractivity contribution >= 4 is 12.6 Å². The van der Waals surface area contributed by atoms with Gasteiger partial charge in [-0.25, -0.2) is 0 Å². The van der Waals surface area contributed by atoms with E-state index < -0.39 is 36.6 Å². The van der Waals surface area contributed by atoms with Crippen molar-refractivity contribution in [3.8, 4) is 0 Å². The van der Waals surface area contributed by atoms with Crippen molar-refractivity contribution in [2.24, 2.45) is 0 Å². The predicted octanol–water partition coefficient (Wildman–Crippen LogP) is 2.28. The first-order chi connectivity index (χ1) is 6.68. The van der Waals surface area contributed by atoms with E-state index in [1.807, 2.05) is 0 Å². The van der Waals surface area contributed by atoms with Gasteiger partial charge in [-0.1, -0.05) is 17.6 Å². The summed E-state index contributed by atoms with van der Waals surface area (Å²) in [5, 5.41) is 0. The maximum Gasteiger partial charge on any atom is 0.0635 e. The van der Waals surface area contributed by atoms with Crippen LogP contribution in [0.25, 0.3) is 0 Å². The molecule has 1 aromatic carbocycles. The van der Waals surface area contributed by atoms with Gasteiger partial charge in [0, 0.05) is 9.01 Å². The van der Waals surface area contributed by atoms with Crippen molar-refractivity contribution in [2.75, 3.05) is 0 Å². The second-order valence-corrected chi connectivity index (χ2v) is 1.67. The molecule has 0 amide bonds. The van der Waals surface area contributed by atoms with Gasteiger partial charge in [0.1, 0.15) is 0 Å². The molecule has 0 unspecified atom stereocenters. The molecule has 1 rings (SSSR count). The second-order valence-electron chi connectivity index (χ2n) is 1.22. The molecule has 1 heteroatoms. The van der Waals surface area contributed by atoms with Crippen LogP contribution in [0.3, 0.4) is 0 Å². The number of hydrogen-bond acceptors (Lipinski definition) is 1. The summed E-state index contributed by atoms with van der Waals surface area (Å²) in [6, 6.07) is -1.96. The van der Waals surface area contributed by atoms with Crippen molar-refractivity contribution < 1.29 is 9.60 Å². The lowest BCUT2D eigenvalue weighted by Gasteiger charge is -1.89. The fraction of sp³-hybridized carbons (Fsp3) is 0.143. The summed E-state index contributed by atoms with van der Waals surface area (Å²) in [7, 11) is 0. The van der Waals surface area contributed by atoms with Gasteiger partial charge in [0.2, 0.25) is 0 Å². The Morgan fingerprint density at radius 2 is 2.12 bits per heavy atom. The number of thiol groups is 1. The normalized spacial score (nSPS) is 23.4. The van der Waals surface area contributed by atoms with Crippen molar-refractivity contribution in [3.05, 3.63) is 29.7 Å². The maximum absolute atomic E-state index is 7.43. The molecular formula is C7H8S. The summed E-state index contributed by atoms with van der Waals surface area (Å²) in [5.74, 6) is 0. The molecule has 0 N–H and O–H groups in total. The number of benzene rings is 1. The van der Waals surface area contributed by atoms with Crippen molar-refractivity contribution in [2.45, 2.75) is 11.7 Å². The van der Waals surface area contributed by atoms with Crippen LogP contribution in [0.4, 0.5) is 0 Å². The lowest BCUT2D eigenvalue weighted by molar-refractivity contribution is 1.39. The molecule has 0 aliphatic carbocycles. The topological polar surface area (TPSA) is 0 Å². The highest BCUT2D eigenvalue weighted by atomic mass is 32.1. The lowest BCUT2D eigenvalue weighted by atomic mass is 10.2. The smallest absolute Gasteiger partial charge is 0.0635 e. The monoisotopic (exact) mass is 131 g/mol. The third-order valence-electron chi connectivity index (χ3n) is 0.612. The fourth-order valence-corrected chi connectivity index (χ4v) is 0.418. The highest BCUT2D eigenvalue weighted by Gasteiger charge is 1.80. The van der Waals surface area contributed by atoms with E-state index in [0.717, 1.165) is 0 Å². The minimum absolute atomic E-state index is 0.141. The van der Waals surface area contributed by atoms with E-state index >= 15 is 0 Å². The van der Waals surface area contributed by atoms with Crippen molar-refractivity contribution in [1.29, 1.82) is 0 Å². The Bertz CT molecular complexity index is 380. The van der Waals surface area contributed by atoms with Crippen LogP contribution in [-0.2, 0) is 0 Å². The molecule has 0 saturated heterocycles. The molecule has 0 spiro atoms. The highest BCUT2D eigenvalue weighted by Crippen LogP contribution is 2.05. The van der Waals surface area contributed by atoms with Crippen LogP contribution in [0.2, 0.25) is 0 Å². The van der Waals surface area contributed by atoms with E-state index in [2.05, 4.69) is 12.6 Å². The molecule has 1 aromatic rings. The first-order valence-corrected chi connectivity index (χ1v) is 2.42. The SMILES string of the molecule is [2H]c1c([2H])c(C([2H])([2H])[2H])c([2H])c([2H])c1S. The van der Waals surface area contributed by atoms with Crippen LogP contribution < -0.4 is 0 Å². The maximum atomic E-state index is 7.43. The van der Waals surface area contributed by atoms with Crippen LogP contribution in [-0.4, -0.2) is 0 Å². The van der Waals surface area contributed by atoms with Gasteiger partial charge in [-0.05, 0) is 18.9 Å². The molecule has 0 nitrogen and oxygen atoms in total. The molecule has 0 saturated carbocycles. The Hall–Kier alpha value is -0.430. The molecule has 0 radical (unpaired) electrons. The van der Waals surface area contributed by atoms with Gasteiger partial charge in [-0.15, -0.1) is 12.6 Å². The van der Waals surface area contributed by atoms with Gasteiger partial charge >= 0.3 is 0 Å². The first-order valence-electron chi connectivity index (χ1n) is 5.47. The zero-order valence-corrected chi connectivity index (χ0v) is 4.84. The Labute approximate surface area is 64.8 Å². The highest BCUT2D eigenvalue weighted by molar-refractivity contribution is 7.80. The summed E-state index contributed by atoms with van der Waals surface area (Å²) in [6.45, 7) is -2.65. The summed E-state index contributed by atoms with van der Waals surface area (Å²) < 4.78 is 51.0. The van der Waals surface area contributed by atoms with Gasteiger partial charge in [0.25, 0.3) is 0 Å². The van der Waals surface area contributed by atoms with E-state index in [0.29, 0.717) is 0 Å². The Morgan fingerprint density at radius 1 is 1.50 bits per heavy atom. The summed E-state index contributed by atoms with van der Waals surface area (Å²) >= 11 is 3.79. The quantitative estimate of drug-likeness (QED) is 0.513. The third-order valence-corrected chi connectivity index (χ3v) is 0.835.